The Hall–Kier alpha value is -2.83. The van der Waals surface area contributed by atoms with Crippen molar-refractivity contribution in [1.82, 2.24) is 9.97 Å². The average molecular weight is 301 g/mol. The summed E-state index contributed by atoms with van der Waals surface area (Å²) in [5.41, 5.74) is 1.12. The van der Waals surface area contributed by atoms with Gasteiger partial charge in [0.25, 0.3) is 0 Å². The summed E-state index contributed by atoms with van der Waals surface area (Å²) in [5.74, 6) is 1.20. The molecular weight excluding hydrogens is 282 g/mol. The van der Waals surface area contributed by atoms with Crippen molar-refractivity contribution >= 4 is 23.4 Å². The molecule has 0 fully saturated rings. The first-order valence-corrected chi connectivity index (χ1v) is 6.89. The highest BCUT2D eigenvalue weighted by Crippen LogP contribution is 2.23. The van der Waals surface area contributed by atoms with Gasteiger partial charge in [0.1, 0.15) is 5.75 Å². The monoisotopic (exact) mass is 301 g/mol. The number of aromatic nitrogens is 2. The van der Waals surface area contributed by atoms with Gasteiger partial charge in [-0.3, -0.25) is 0 Å². The summed E-state index contributed by atoms with van der Waals surface area (Å²) in [6, 6.07) is 6.87. The van der Waals surface area contributed by atoms with Crippen LogP contribution < -0.4 is 20.3 Å². The Morgan fingerprint density at radius 2 is 1.86 bits per heavy atom. The van der Waals surface area contributed by atoms with Crippen molar-refractivity contribution in [2.45, 2.75) is 6.92 Å². The summed E-state index contributed by atoms with van der Waals surface area (Å²) in [7, 11) is 3.69. The van der Waals surface area contributed by atoms with Crippen molar-refractivity contribution < 1.29 is 9.53 Å². The molecule has 0 unspecified atom stereocenters. The molecule has 1 aromatic carbocycles. The molecule has 0 aliphatic carbocycles. The van der Waals surface area contributed by atoms with Gasteiger partial charge in [-0.2, -0.15) is 0 Å². The van der Waals surface area contributed by atoms with Crippen molar-refractivity contribution in [3.63, 3.8) is 0 Å². The summed E-state index contributed by atoms with van der Waals surface area (Å²) in [5, 5.41) is 5.42. The number of rotatable bonds is 5. The Balaban J connectivity index is 2.01. The van der Waals surface area contributed by atoms with Crippen LogP contribution in [0.25, 0.3) is 0 Å². The third-order valence-corrected chi connectivity index (χ3v) is 2.73. The Morgan fingerprint density at radius 3 is 2.50 bits per heavy atom. The van der Waals surface area contributed by atoms with Gasteiger partial charge >= 0.3 is 6.03 Å². The van der Waals surface area contributed by atoms with Gasteiger partial charge in [0.15, 0.2) is 0 Å². The highest BCUT2D eigenvalue weighted by atomic mass is 16.5. The van der Waals surface area contributed by atoms with E-state index < -0.39 is 0 Å². The van der Waals surface area contributed by atoms with Crippen LogP contribution in [0.5, 0.6) is 5.75 Å². The van der Waals surface area contributed by atoms with Crippen LogP contribution in [0.4, 0.5) is 22.1 Å². The lowest BCUT2D eigenvalue weighted by atomic mass is 10.3. The minimum absolute atomic E-state index is 0.381. The second-order valence-corrected chi connectivity index (χ2v) is 4.67. The first-order chi connectivity index (χ1) is 10.6. The maximum Gasteiger partial charge on any atom is 0.323 e. The lowest BCUT2D eigenvalue weighted by Gasteiger charge is -2.12. The summed E-state index contributed by atoms with van der Waals surface area (Å²) in [4.78, 5) is 22.1. The van der Waals surface area contributed by atoms with Crippen molar-refractivity contribution in [2.24, 2.45) is 0 Å². The summed E-state index contributed by atoms with van der Waals surface area (Å²) < 4.78 is 5.46. The van der Waals surface area contributed by atoms with Crippen LogP contribution in [-0.2, 0) is 0 Å². The Labute approximate surface area is 129 Å². The quantitative estimate of drug-likeness (QED) is 0.887. The smallest absolute Gasteiger partial charge is 0.323 e. The molecule has 116 valence electrons. The van der Waals surface area contributed by atoms with Crippen molar-refractivity contribution in [2.75, 3.05) is 36.2 Å². The van der Waals surface area contributed by atoms with E-state index in [9.17, 15) is 4.79 Å². The Morgan fingerprint density at radius 1 is 1.18 bits per heavy atom. The summed E-state index contributed by atoms with van der Waals surface area (Å²) in [6.45, 7) is 2.42. The van der Waals surface area contributed by atoms with Gasteiger partial charge in [-0.1, -0.05) is 12.1 Å². The zero-order valence-corrected chi connectivity index (χ0v) is 12.8. The summed E-state index contributed by atoms with van der Waals surface area (Å²) in [6.07, 6.45) is 3.10. The standard InChI is InChI=1S/C15H19N5O2/c1-4-22-13-8-6-5-7-12(13)19-15(21)18-11-9-16-14(17-10-11)20(2)3/h5-10H,4H2,1-3H3,(H2,18,19,21). The van der Waals surface area contributed by atoms with Gasteiger partial charge in [0.2, 0.25) is 5.95 Å². The number of carbonyl (C=O) groups is 1. The molecule has 2 aromatic rings. The minimum atomic E-state index is -0.381. The lowest BCUT2D eigenvalue weighted by Crippen LogP contribution is -2.20. The molecule has 0 aliphatic rings. The van der Waals surface area contributed by atoms with Gasteiger partial charge in [-0.15, -0.1) is 0 Å². The minimum Gasteiger partial charge on any atom is -0.492 e. The normalized spacial score (nSPS) is 9.95. The summed E-state index contributed by atoms with van der Waals surface area (Å²) >= 11 is 0. The maximum absolute atomic E-state index is 12.0. The molecule has 0 saturated heterocycles. The first kappa shape index (κ1) is 15.6. The van der Waals surface area contributed by atoms with Gasteiger partial charge < -0.3 is 20.3 Å². The number of ether oxygens (including phenoxy) is 1. The highest BCUT2D eigenvalue weighted by molar-refractivity contribution is 6.00. The maximum atomic E-state index is 12.0. The third-order valence-electron chi connectivity index (χ3n) is 2.73. The number of benzene rings is 1. The predicted molar refractivity (Wildman–Crippen MR) is 86.6 cm³/mol. The van der Waals surface area contributed by atoms with Crippen LogP contribution in [-0.4, -0.2) is 36.7 Å². The van der Waals surface area contributed by atoms with E-state index in [0.717, 1.165) is 0 Å². The number of hydrogen-bond acceptors (Lipinski definition) is 5. The number of nitrogens with zero attached hydrogens (tertiary/aromatic N) is 3. The van der Waals surface area contributed by atoms with Crippen molar-refractivity contribution in [3.8, 4) is 5.75 Å². The van der Waals surface area contributed by atoms with Gasteiger partial charge in [0, 0.05) is 14.1 Å². The van der Waals surface area contributed by atoms with Crippen LogP contribution in [0.1, 0.15) is 6.92 Å². The fourth-order valence-electron chi connectivity index (χ4n) is 1.75. The van der Waals surface area contributed by atoms with E-state index in [4.69, 9.17) is 4.74 Å². The van der Waals surface area contributed by atoms with Crippen molar-refractivity contribution in [3.05, 3.63) is 36.7 Å². The predicted octanol–water partition coefficient (Wildman–Crippen LogP) is 2.59. The van der Waals surface area contributed by atoms with E-state index in [2.05, 4.69) is 20.6 Å². The van der Waals surface area contributed by atoms with Crippen LogP contribution in [0.2, 0.25) is 0 Å². The zero-order valence-electron chi connectivity index (χ0n) is 12.8. The van der Waals surface area contributed by atoms with E-state index >= 15 is 0 Å². The molecule has 22 heavy (non-hydrogen) atoms. The fraction of sp³-hybridized carbons (Fsp3) is 0.267. The molecular formula is C15H19N5O2. The molecule has 1 heterocycles. The average Bonchev–Trinajstić information content (AvgIpc) is 2.50. The molecule has 0 spiro atoms. The molecule has 2 N–H and O–H groups in total. The molecule has 0 atom stereocenters. The SMILES string of the molecule is CCOc1ccccc1NC(=O)Nc1cnc(N(C)C)nc1. The number of nitrogens with one attached hydrogen (secondary N) is 2. The number of hydrogen-bond donors (Lipinski definition) is 2. The van der Waals surface area contributed by atoms with E-state index in [1.165, 1.54) is 0 Å². The molecule has 0 saturated carbocycles. The molecule has 0 aliphatic heterocycles. The molecule has 2 amide bonds. The number of para-hydroxylation sites is 2. The number of carbonyl (C=O) groups excluding carboxylic acids is 1. The van der Waals surface area contributed by atoms with Crippen LogP contribution in [0.15, 0.2) is 36.7 Å². The third kappa shape index (κ3) is 4.08. The van der Waals surface area contributed by atoms with E-state index in [1.807, 2.05) is 33.2 Å². The first-order valence-electron chi connectivity index (χ1n) is 6.89. The molecule has 7 nitrogen and oxygen atoms in total. The molecule has 7 heteroatoms. The van der Waals surface area contributed by atoms with Gasteiger partial charge in [0.05, 0.1) is 30.4 Å². The molecule has 0 bridgehead atoms. The topological polar surface area (TPSA) is 79.4 Å². The van der Waals surface area contributed by atoms with E-state index in [0.29, 0.717) is 29.7 Å². The molecule has 1 aromatic heterocycles. The largest absolute Gasteiger partial charge is 0.492 e. The second kappa shape index (κ2) is 7.26. The fourth-order valence-corrected chi connectivity index (χ4v) is 1.75. The number of amides is 2. The number of urea groups is 1. The van der Waals surface area contributed by atoms with E-state index in [1.54, 1.807) is 29.4 Å². The van der Waals surface area contributed by atoms with E-state index in [-0.39, 0.29) is 6.03 Å². The van der Waals surface area contributed by atoms with Gasteiger partial charge in [-0.25, -0.2) is 14.8 Å². The number of anilines is 3. The lowest BCUT2D eigenvalue weighted by molar-refractivity contribution is 0.262. The van der Waals surface area contributed by atoms with Crippen molar-refractivity contribution in [1.29, 1.82) is 0 Å². The second-order valence-electron chi connectivity index (χ2n) is 4.67. The van der Waals surface area contributed by atoms with Crippen LogP contribution in [0, 0.1) is 0 Å². The van der Waals surface area contributed by atoms with Gasteiger partial charge in [-0.05, 0) is 19.1 Å². The highest BCUT2D eigenvalue weighted by Gasteiger charge is 2.08. The zero-order chi connectivity index (χ0) is 15.9. The Kier molecular flexibility index (Phi) is 5.13. The molecule has 2 rings (SSSR count). The molecule has 0 radical (unpaired) electrons. The van der Waals surface area contributed by atoms with Crippen LogP contribution >= 0.6 is 0 Å². The Bertz CT molecular complexity index is 628. The van der Waals surface area contributed by atoms with Crippen LogP contribution in [0.3, 0.4) is 0 Å².